The number of nitrogens with zero attached hydrogens (tertiary/aromatic N) is 1. The van der Waals surface area contributed by atoms with Gasteiger partial charge in [0.05, 0.1) is 0 Å². The molecule has 0 aliphatic rings. The van der Waals surface area contributed by atoms with Gasteiger partial charge in [-0.1, -0.05) is 15.9 Å². The second kappa shape index (κ2) is 10.2. The van der Waals surface area contributed by atoms with Crippen LogP contribution in [0.1, 0.15) is 30.6 Å². The first kappa shape index (κ1) is 17.5. The SMILES string of the molecule is CCNC(=NCCCNC(=O)c1ccc(Br)cc1)NCC. The first-order chi connectivity index (χ1) is 10.2. The Kier molecular flexibility index (Phi) is 8.50. The summed E-state index contributed by atoms with van der Waals surface area (Å²) in [5.74, 6) is 0.768. The molecule has 116 valence electrons. The molecular formula is C15H23BrN4O. The summed E-state index contributed by atoms with van der Waals surface area (Å²) in [7, 11) is 0. The van der Waals surface area contributed by atoms with Gasteiger partial charge in [-0.15, -0.1) is 0 Å². The minimum Gasteiger partial charge on any atom is -0.357 e. The zero-order chi connectivity index (χ0) is 15.5. The Labute approximate surface area is 134 Å². The highest BCUT2D eigenvalue weighted by Crippen LogP contribution is 2.10. The fraction of sp³-hybridized carbons (Fsp3) is 0.467. The largest absolute Gasteiger partial charge is 0.357 e. The second-order valence-corrected chi connectivity index (χ2v) is 5.32. The van der Waals surface area contributed by atoms with Gasteiger partial charge in [-0.2, -0.15) is 0 Å². The van der Waals surface area contributed by atoms with Crippen LogP contribution in [0.3, 0.4) is 0 Å². The molecular weight excluding hydrogens is 332 g/mol. The van der Waals surface area contributed by atoms with E-state index >= 15 is 0 Å². The lowest BCUT2D eigenvalue weighted by molar-refractivity contribution is 0.0953. The van der Waals surface area contributed by atoms with Crippen molar-refractivity contribution in [2.75, 3.05) is 26.2 Å². The van der Waals surface area contributed by atoms with Crippen molar-refractivity contribution in [3.8, 4) is 0 Å². The summed E-state index contributed by atoms with van der Waals surface area (Å²) in [4.78, 5) is 16.3. The van der Waals surface area contributed by atoms with E-state index in [0.29, 0.717) is 18.7 Å². The van der Waals surface area contributed by atoms with Crippen LogP contribution >= 0.6 is 15.9 Å². The lowest BCUT2D eigenvalue weighted by atomic mass is 10.2. The maximum absolute atomic E-state index is 11.9. The molecule has 0 aliphatic heterocycles. The van der Waals surface area contributed by atoms with Gasteiger partial charge >= 0.3 is 0 Å². The van der Waals surface area contributed by atoms with Crippen molar-refractivity contribution in [1.82, 2.24) is 16.0 Å². The molecule has 0 unspecified atom stereocenters. The number of halogens is 1. The Morgan fingerprint density at radius 2 is 1.71 bits per heavy atom. The zero-order valence-electron chi connectivity index (χ0n) is 12.6. The van der Waals surface area contributed by atoms with Crippen molar-refractivity contribution in [2.45, 2.75) is 20.3 Å². The van der Waals surface area contributed by atoms with E-state index in [0.717, 1.165) is 29.9 Å². The summed E-state index contributed by atoms with van der Waals surface area (Å²) >= 11 is 3.35. The third-order valence-corrected chi connectivity index (χ3v) is 3.21. The number of hydrogen-bond acceptors (Lipinski definition) is 2. The zero-order valence-corrected chi connectivity index (χ0v) is 14.2. The second-order valence-electron chi connectivity index (χ2n) is 4.41. The van der Waals surface area contributed by atoms with Gasteiger partial charge in [0.1, 0.15) is 0 Å². The summed E-state index contributed by atoms with van der Waals surface area (Å²) in [6.45, 7) is 7.04. The van der Waals surface area contributed by atoms with E-state index < -0.39 is 0 Å². The molecule has 0 spiro atoms. The van der Waals surface area contributed by atoms with Gasteiger partial charge in [-0.25, -0.2) is 0 Å². The standard InChI is InChI=1S/C15H23BrN4O/c1-3-17-15(18-4-2)20-11-5-10-19-14(21)12-6-8-13(16)9-7-12/h6-9H,3-5,10-11H2,1-2H3,(H,19,21)(H2,17,18,20). The average Bonchev–Trinajstić information content (AvgIpc) is 2.47. The van der Waals surface area contributed by atoms with E-state index in [4.69, 9.17) is 0 Å². The molecule has 1 aromatic carbocycles. The molecule has 0 bridgehead atoms. The molecule has 0 fully saturated rings. The van der Waals surface area contributed by atoms with Crippen molar-refractivity contribution in [3.05, 3.63) is 34.3 Å². The third-order valence-electron chi connectivity index (χ3n) is 2.69. The van der Waals surface area contributed by atoms with Crippen LogP contribution in [0.4, 0.5) is 0 Å². The number of amides is 1. The van der Waals surface area contributed by atoms with Crippen LogP contribution in [0.2, 0.25) is 0 Å². The summed E-state index contributed by atoms with van der Waals surface area (Å²) in [6, 6.07) is 7.31. The van der Waals surface area contributed by atoms with Gasteiger partial charge < -0.3 is 16.0 Å². The van der Waals surface area contributed by atoms with Crippen LogP contribution in [-0.2, 0) is 0 Å². The molecule has 0 saturated heterocycles. The van der Waals surface area contributed by atoms with E-state index in [-0.39, 0.29) is 5.91 Å². The molecule has 0 saturated carbocycles. The number of carbonyl (C=O) groups is 1. The monoisotopic (exact) mass is 354 g/mol. The predicted molar refractivity (Wildman–Crippen MR) is 90.7 cm³/mol. The van der Waals surface area contributed by atoms with Gasteiger partial charge in [0.25, 0.3) is 5.91 Å². The van der Waals surface area contributed by atoms with Gasteiger partial charge in [-0.3, -0.25) is 9.79 Å². The molecule has 0 aliphatic carbocycles. The maximum atomic E-state index is 11.9. The molecule has 3 N–H and O–H groups in total. The Morgan fingerprint density at radius 1 is 1.10 bits per heavy atom. The van der Waals surface area contributed by atoms with Gasteiger partial charge in [0, 0.05) is 36.2 Å². The molecule has 1 amide bonds. The van der Waals surface area contributed by atoms with Crippen LogP contribution in [0.15, 0.2) is 33.7 Å². The molecule has 0 heterocycles. The summed E-state index contributed by atoms with van der Waals surface area (Å²) < 4.78 is 0.966. The van der Waals surface area contributed by atoms with Crippen molar-refractivity contribution in [2.24, 2.45) is 4.99 Å². The lowest BCUT2D eigenvalue weighted by Gasteiger charge is -2.09. The van der Waals surface area contributed by atoms with E-state index in [1.54, 1.807) is 12.1 Å². The Bertz CT molecular complexity index is 451. The highest BCUT2D eigenvalue weighted by molar-refractivity contribution is 9.10. The molecule has 1 rings (SSSR count). The van der Waals surface area contributed by atoms with E-state index in [2.05, 4.69) is 36.9 Å². The van der Waals surface area contributed by atoms with E-state index in [9.17, 15) is 4.79 Å². The number of guanidine groups is 1. The highest BCUT2D eigenvalue weighted by atomic mass is 79.9. The Hall–Kier alpha value is -1.56. The number of rotatable bonds is 7. The maximum Gasteiger partial charge on any atom is 0.251 e. The molecule has 0 atom stereocenters. The number of hydrogen-bond donors (Lipinski definition) is 3. The molecule has 21 heavy (non-hydrogen) atoms. The average molecular weight is 355 g/mol. The molecule has 1 aromatic rings. The minimum absolute atomic E-state index is 0.0509. The summed E-state index contributed by atoms with van der Waals surface area (Å²) in [5, 5.41) is 9.21. The van der Waals surface area contributed by atoms with Crippen molar-refractivity contribution in [1.29, 1.82) is 0 Å². The quantitative estimate of drug-likeness (QED) is 0.399. The molecule has 6 heteroatoms. The van der Waals surface area contributed by atoms with Gasteiger partial charge in [0.2, 0.25) is 0 Å². The van der Waals surface area contributed by atoms with Crippen molar-refractivity contribution in [3.63, 3.8) is 0 Å². The normalized spacial score (nSPS) is 9.86. The predicted octanol–water partition coefficient (Wildman–Crippen LogP) is 2.14. The molecule has 0 radical (unpaired) electrons. The first-order valence-corrected chi connectivity index (χ1v) is 8.02. The Morgan fingerprint density at radius 3 is 2.29 bits per heavy atom. The fourth-order valence-electron chi connectivity index (χ4n) is 1.68. The van der Waals surface area contributed by atoms with Crippen LogP contribution < -0.4 is 16.0 Å². The van der Waals surface area contributed by atoms with Gasteiger partial charge in [0.15, 0.2) is 5.96 Å². The van der Waals surface area contributed by atoms with E-state index in [1.165, 1.54) is 0 Å². The summed E-state index contributed by atoms with van der Waals surface area (Å²) in [5.41, 5.74) is 0.669. The van der Waals surface area contributed by atoms with Gasteiger partial charge in [-0.05, 0) is 44.5 Å². The minimum atomic E-state index is -0.0509. The lowest BCUT2D eigenvalue weighted by Crippen LogP contribution is -2.37. The highest BCUT2D eigenvalue weighted by Gasteiger charge is 2.03. The smallest absolute Gasteiger partial charge is 0.251 e. The van der Waals surface area contributed by atoms with Crippen molar-refractivity contribution < 1.29 is 4.79 Å². The van der Waals surface area contributed by atoms with Crippen LogP contribution in [-0.4, -0.2) is 38.0 Å². The first-order valence-electron chi connectivity index (χ1n) is 7.23. The number of carbonyl (C=O) groups excluding carboxylic acids is 1. The van der Waals surface area contributed by atoms with Crippen molar-refractivity contribution >= 4 is 27.8 Å². The van der Waals surface area contributed by atoms with Crippen LogP contribution in [0.5, 0.6) is 0 Å². The Balaban J connectivity index is 2.28. The van der Waals surface area contributed by atoms with Crippen LogP contribution in [0, 0.1) is 0 Å². The van der Waals surface area contributed by atoms with E-state index in [1.807, 2.05) is 26.0 Å². The van der Waals surface area contributed by atoms with Crippen LogP contribution in [0.25, 0.3) is 0 Å². The summed E-state index contributed by atoms with van der Waals surface area (Å²) in [6.07, 6.45) is 0.808. The molecule has 0 aromatic heterocycles. The topological polar surface area (TPSA) is 65.5 Å². The number of nitrogens with one attached hydrogen (secondary N) is 3. The number of benzene rings is 1. The third kappa shape index (κ3) is 7.13. The number of aliphatic imine (C=N–C) groups is 1. The molecule has 5 nitrogen and oxygen atoms in total. The fourth-order valence-corrected chi connectivity index (χ4v) is 1.95.